The van der Waals surface area contributed by atoms with E-state index in [1.54, 1.807) is 12.1 Å². The highest BCUT2D eigenvalue weighted by molar-refractivity contribution is 6.40. The molecule has 0 atom stereocenters. The van der Waals surface area contributed by atoms with Crippen LogP contribution in [0.3, 0.4) is 0 Å². The Morgan fingerprint density at radius 3 is 2.50 bits per heavy atom. The van der Waals surface area contributed by atoms with E-state index in [9.17, 15) is 9.59 Å². The first-order valence-corrected chi connectivity index (χ1v) is 4.43. The number of ketones is 1. The van der Waals surface area contributed by atoms with Crippen molar-refractivity contribution in [1.82, 2.24) is 0 Å². The third-order valence-corrected chi connectivity index (χ3v) is 2.08. The van der Waals surface area contributed by atoms with Crippen molar-refractivity contribution < 1.29 is 14.7 Å². The van der Waals surface area contributed by atoms with Crippen LogP contribution in [0.4, 0.5) is 0 Å². The normalized spacial score (nSPS) is 9.86. The van der Waals surface area contributed by atoms with Gasteiger partial charge < -0.3 is 5.11 Å². The highest BCUT2D eigenvalue weighted by atomic mass is 16.4. The molecule has 0 aliphatic rings. The molecule has 0 aliphatic carbocycles. The molecular formula is C11H12O3. The van der Waals surface area contributed by atoms with Gasteiger partial charge in [-0.3, -0.25) is 4.79 Å². The lowest BCUT2D eigenvalue weighted by Crippen LogP contribution is -2.14. The zero-order chi connectivity index (χ0) is 10.7. The SMILES string of the molecule is CCc1cc(C)ccc1C(=O)C(=O)O. The van der Waals surface area contributed by atoms with Crippen LogP contribution in [-0.2, 0) is 11.2 Å². The first-order valence-electron chi connectivity index (χ1n) is 4.43. The summed E-state index contributed by atoms with van der Waals surface area (Å²) in [4.78, 5) is 21.7. The number of Topliss-reactive ketones (excluding diaryl/α,β-unsaturated/α-hetero) is 1. The van der Waals surface area contributed by atoms with E-state index < -0.39 is 11.8 Å². The van der Waals surface area contributed by atoms with Crippen molar-refractivity contribution in [3.05, 3.63) is 34.9 Å². The van der Waals surface area contributed by atoms with Crippen LogP contribution in [0.25, 0.3) is 0 Å². The molecule has 1 aromatic carbocycles. The van der Waals surface area contributed by atoms with E-state index in [0.717, 1.165) is 11.1 Å². The first-order chi connectivity index (χ1) is 6.56. The molecule has 1 N–H and O–H groups in total. The smallest absolute Gasteiger partial charge is 0.377 e. The summed E-state index contributed by atoms with van der Waals surface area (Å²) in [7, 11) is 0. The Morgan fingerprint density at radius 2 is 2.00 bits per heavy atom. The Labute approximate surface area is 82.4 Å². The van der Waals surface area contributed by atoms with Crippen molar-refractivity contribution >= 4 is 11.8 Å². The minimum absolute atomic E-state index is 0.297. The molecule has 0 heterocycles. The molecule has 0 aliphatic heterocycles. The molecule has 14 heavy (non-hydrogen) atoms. The largest absolute Gasteiger partial charge is 0.475 e. The average molecular weight is 192 g/mol. The van der Waals surface area contributed by atoms with Crippen LogP contribution in [0.1, 0.15) is 28.4 Å². The summed E-state index contributed by atoms with van der Waals surface area (Å²) in [6.45, 7) is 3.81. The number of aliphatic carboxylic acids is 1. The number of carbonyl (C=O) groups is 2. The maximum absolute atomic E-state index is 11.2. The zero-order valence-corrected chi connectivity index (χ0v) is 8.20. The van der Waals surface area contributed by atoms with Crippen LogP contribution in [0, 0.1) is 6.92 Å². The predicted molar refractivity (Wildman–Crippen MR) is 52.5 cm³/mol. The van der Waals surface area contributed by atoms with Crippen molar-refractivity contribution in [2.45, 2.75) is 20.3 Å². The van der Waals surface area contributed by atoms with Crippen LogP contribution < -0.4 is 0 Å². The maximum Gasteiger partial charge on any atom is 0.377 e. The molecular weight excluding hydrogens is 180 g/mol. The average Bonchev–Trinajstić information content (AvgIpc) is 2.16. The summed E-state index contributed by atoms with van der Waals surface area (Å²) in [6, 6.07) is 5.16. The van der Waals surface area contributed by atoms with Crippen molar-refractivity contribution in [3.8, 4) is 0 Å². The maximum atomic E-state index is 11.2. The molecule has 0 saturated heterocycles. The van der Waals surface area contributed by atoms with Gasteiger partial charge in [0.25, 0.3) is 5.78 Å². The number of hydrogen-bond donors (Lipinski definition) is 1. The van der Waals surface area contributed by atoms with Crippen molar-refractivity contribution in [2.75, 3.05) is 0 Å². The lowest BCUT2D eigenvalue weighted by molar-refractivity contribution is -0.131. The summed E-state index contributed by atoms with van der Waals surface area (Å²) < 4.78 is 0. The van der Waals surface area contributed by atoms with Crippen molar-refractivity contribution in [2.24, 2.45) is 0 Å². The molecule has 0 spiro atoms. The Kier molecular flexibility index (Phi) is 3.02. The van der Waals surface area contributed by atoms with Gasteiger partial charge in [-0.25, -0.2) is 4.79 Å². The lowest BCUT2D eigenvalue weighted by Gasteiger charge is -2.05. The highest BCUT2D eigenvalue weighted by Gasteiger charge is 2.17. The highest BCUT2D eigenvalue weighted by Crippen LogP contribution is 2.13. The van der Waals surface area contributed by atoms with Crippen LogP contribution >= 0.6 is 0 Å². The van der Waals surface area contributed by atoms with Gasteiger partial charge in [0.15, 0.2) is 0 Å². The monoisotopic (exact) mass is 192 g/mol. The quantitative estimate of drug-likeness (QED) is 0.587. The fraction of sp³-hybridized carbons (Fsp3) is 0.273. The molecule has 1 rings (SSSR count). The van der Waals surface area contributed by atoms with E-state index >= 15 is 0 Å². The number of rotatable bonds is 3. The summed E-state index contributed by atoms with van der Waals surface area (Å²) in [5.74, 6) is -2.23. The molecule has 0 fully saturated rings. The number of carbonyl (C=O) groups excluding carboxylic acids is 1. The number of hydrogen-bond acceptors (Lipinski definition) is 2. The molecule has 0 bridgehead atoms. The summed E-state index contributed by atoms with van der Waals surface area (Å²) in [5, 5.41) is 8.58. The number of benzene rings is 1. The molecule has 1 aromatic rings. The van der Waals surface area contributed by atoms with Gasteiger partial charge in [0.05, 0.1) is 0 Å². The van der Waals surface area contributed by atoms with E-state index in [1.807, 2.05) is 19.9 Å². The first kappa shape index (κ1) is 10.4. The second-order valence-electron chi connectivity index (χ2n) is 3.15. The fourth-order valence-electron chi connectivity index (χ4n) is 1.35. The molecule has 3 heteroatoms. The Hall–Kier alpha value is -1.64. The van der Waals surface area contributed by atoms with Crippen LogP contribution in [0.15, 0.2) is 18.2 Å². The minimum atomic E-state index is -1.40. The number of carboxylic acids is 1. The van der Waals surface area contributed by atoms with Crippen molar-refractivity contribution in [3.63, 3.8) is 0 Å². The van der Waals surface area contributed by atoms with Crippen LogP contribution in [0.5, 0.6) is 0 Å². The third-order valence-electron chi connectivity index (χ3n) is 2.08. The van der Waals surface area contributed by atoms with Gasteiger partial charge in [-0.1, -0.05) is 30.7 Å². The van der Waals surface area contributed by atoms with Gasteiger partial charge in [-0.2, -0.15) is 0 Å². The van der Waals surface area contributed by atoms with Gasteiger partial charge in [-0.15, -0.1) is 0 Å². The second kappa shape index (κ2) is 4.05. The molecule has 0 radical (unpaired) electrons. The third kappa shape index (κ3) is 1.99. The van der Waals surface area contributed by atoms with E-state index in [0.29, 0.717) is 12.0 Å². The van der Waals surface area contributed by atoms with E-state index in [1.165, 1.54) is 0 Å². The van der Waals surface area contributed by atoms with Gasteiger partial charge in [0, 0.05) is 5.56 Å². The van der Waals surface area contributed by atoms with Crippen LogP contribution in [-0.4, -0.2) is 16.9 Å². The van der Waals surface area contributed by atoms with Gasteiger partial charge in [0.2, 0.25) is 0 Å². The summed E-state index contributed by atoms with van der Waals surface area (Å²) >= 11 is 0. The molecule has 0 amide bonds. The minimum Gasteiger partial charge on any atom is -0.475 e. The van der Waals surface area contributed by atoms with Gasteiger partial charge in [0.1, 0.15) is 0 Å². The Bertz CT molecular complexity index is 380. The lowest BCUT2D eigenvalue weighted by atomic mass is 9.99. The molecule has 3 nitrogen and oxygen atoms in total. The fourth-order valence-corrected chi connectivity index (χ4v) is 1.35. The Balaban J connectivity index is 3.20. The topological polar surface area (TPSA) is 54.4 Å². The molecule has 0 saturated carbocycles. The zero-order valence-electron chi connectivity index (χ0n) is 8.20. The number of aryl methyl sites for hydroxylation is 2. The molecule has 0 aromatic heterocycles. The molecule has 0 unspecified atom stereocenters. The second-order valence-corrected chi connectivity index (χ2v) is 3.15. The Morgan fingerprint density at radius 1 is 1.36 bits per heavy atom. The number of carboxylic acid groups (broad SMARTS) is 1. The van der Waals surface area contributed by atoms with Crippen molar-refractivity contribution in [1.29, 1.82) is 0 Å². The van der Waals surface area contributed by atoms with Gasteiger partial charge >= 0.3 is 5.97 Å². The summed E-state index contributed by atoms with van der Waals surface area (Å²) in [6.07, 6.45) is 0.663. The van der Waals surface area contributed by atoms with Gasteiger partial charge in [-0.05, 0) is 18.9 Å². The van der Waals surface area contributed by atoms with Crippen LogP contribution in [0.2, 0.25) is 0 Å². The predicted octanol–water partition coefficient (Wildman–Crippen LogP) is 1.82. The van der Waals surface area contributed by atoms with E-state index in [4.69, 9.17) is 5.11 Å². The van der Waals surface area contributed by atoms with E-state index in [2.05, 4.69) is 0 Å². The standard InChI is InChI=1S/C11H12O3/c1-3-8-6-7(2)4-5-9(8)10(12)11(13)14/h4-6H,3H2,1-2H3,(H,13,14). The van der Waals surface area contributed by atoms with E-state index in [-0.39, 0.29) is 0 Å². The molecule has 74 valence electrons. The summed E-state index contributed by atoms with van der Waals surface area (Å²) in [5.41, 5.74) is 2.12.